The topological polar surface area (TPSA) is 55.4 Å². The van der Waals surface area contributed by atoms with Gasteiger partial charge in [-0.25, -0.2) is 0 Å². The lowest BCUT2D eigenvalue weighted by atomic mass is 10.1. The Morgan fingerprint density at radius 3 is 2.83 bits per heavy atom. The molecular weight excluding hydrogens is 270 g/mol. The second-order valence-corrected chi connectivity index (χ2v) is 7.04. The SMILES string of the molecule is COC(=O)CCNC(=O)CCCCC1CCSS1. The van der Waals surface area contributed by atoms with E-state index >= 15 is 0 Å². The van der Waals surface area contributed by atoms with Crippen molar-refractivity contribution >= 4 is 33.5 Å². The maximum absolute atomic E-state index is 11.4. The van der Waals surface area contributed by atoms with Gasteiger partial charge in [-0.3, -0.25) is 9.59 Å². The first kappa shape index (κ1) is 15.7. The first-order chi connectivity index (χ1) is 8.72. The molecule has 1 saturated heterocycles. The molecule has 6 heteroatoms. The number of nitrogens with one attached hydrogen (secondary N) is 1. The molecule has 0 bridgehead atoms. The summed E-state index contributed by atoms with van der Waals surface area (Å²) in [6.07, 6.45) is 5.38. The Morgan fingerprint density at radius 1 is 1.33 bits per heavy atom. The van der Waals surface area contributed by atoms with Crippen molar-refractivity contribution in [2.75, 3.05) is 19.4 Å². The van der Waals surface area contributed by atoms with Crippen LogP contribution in [0.2, 0.25) is 0 Å². The monoisotopic (exact) mass is 291 g/mol. The Bertz CT molecular complexity index is 268. The van der Waals surface area contributed by atoms with Crippen LogP contribution in [-0.2, 0) is 14.3 Å². The van der Waals surface area contributed by atoms with Gasteiger partial charge in [0.1, 0.15) is 0 Å². The summed E-state index contributed by atoms with van der Waals surface area (Å²) in [5.41, 5.74) is 0. The maximum Gasteiger partial charge on any atom is 0.307 e. The van der Waals surface area contributed by atoms with Crippen molar-refractivity contribution in [2.24, 2.45) is 0 Å². The summed E-state index contributed by atoms with van der Waals surface area (Å²) in [5, 5.41) is 3.52. The van der Waals surface area contributed by atoms with E-state index in [1.165, 1.54) is 25.7 Å². The molecule has 1 aliphatic rings. The molecule has 0 aliphatic carbocycles. The van der Waals surface area contributed by atoms with Crippen LogP contribution in [-0.4, -0.2) is 36.5 Å². The molecule has 0 saturated carbocycles. The van der Waals surface area contributed by atoms with Crippen LogP contribution < -0.4 is 5.32 Å². The summed E-state index contributed by atoms with van der Waals surface area (Å²) in [6.45, 7) is 0.376. The summed E-state index contributed by atoms with van der Waals surface area (Å²) < 4.78 is 4.49. The van der Waals surface area contributed by atoms with E-state index in [1.54, 1.807) is 0 Å². The van der Waals surface area contributed by atoms with E-state index in [9.17, 15) is 9.59 Å². The fourth-order valence-corrected chi connectivity index (χ4v) is 4.74. The number of hydrogen-bond donors (Lipinski definition) is 1. The summed E-state index contributed by atoms with van der Waals surface area (Å²) in [7, 11) is 5.29. The predicted molar refractivity (Wildman–Crippen MR) is 76.6 cm³/mol. The number of carbonyl (C=O) groups excluding carboxylic acids is 2. The highest BCUT2D eigenvalue weighted by Gasteiger charge is 2.15. The molecule has 18 heavy (non-hydrogen) atoms. The van der Waals surface area contributed by atoms with Gasteiger partial charge in [-0.15, -0.1) is 0 Å². The van der Waals surface area contributed by atoms with Crippen molar-refractivity contribution in [3.63, 3.8) is 0 Å². The number of rotatable bonds is 8. The Balaban J connectivity index is 1.91. The first-order valence-electron chi connectivity index (χ1n) is 6.34. The zero-order valence-electron chi connectivity index (χ0n) is 10.8. The van der Waals surface area contributed by atoms with Crippen LogP contribution in [0.1, 0.15) is 38.5 Å². The number of carbonyl (C=O) groups is 2. The maximum atomic E-state index is 11.4. The average Bonchev–Trinajstić information content (AvgIpc) is 2.87. The number of methoxy groups -OCH3 is 1. The zero-order chi connectivity index (χ0) is 13.2. The van der Waals surface area contributed by atoms with Gasteiger partial charge in [-0.2, -0.15) is 0 Å². The molecular formula is C12H21NO3S2. The molecule has 1 heterocycles. The molecule has 0 spiro atoms. The van der Waals surface area contributed by atoms with Gasteiger partial charge in [-0.05, 0) is 19.3 Å². The molecule has 0 aromatic carbocycles. The Morgan fingerprint density at radius 2 is 2.17 bits per heavy atom. The summed E-state index contributed by atoms with van der Waals surface area (Å²) in [5.74, 6) is 1.02. The second kappa shape index (κ2) is 9.55. The van der Waals surface area contributed by atoms with Crippen molar-refractivity contribution in [1.82, 2.24) is 5.32 Å². The van der Waals surface area contributed by atoms with Gasteiger partial charge in [0, 0.05) is 24.0 Å². The minimum Gasteiger partial charge on any atom is -0.469 e. The average molecular weight is 291 g/mol. The number of esters is 1. The van der Waals surface area contributed by atoms with Crippen molar-refractivity contribution in [3.8, 4) is 0 Å². The zero-order valence-corrected chi connectivity index (χ0v) is 12.4. The quantitative estimate of drug-likeness (QED) is 0.423. The Labute approximate surface area is 116 Å². The van der Waals surface area contributed by atoms with Crippen LogP contribution in [0.3, 0.4) is 0 Å². The first-order valence-corrected chi connectivity index (χ1v) is 8.72. The second-order valence-electron chi connectivity index (χ2n) is 4.25. The van der Waals surface area contributed by atoms with Gasteiger partial charge in [0.15, 0.2) is 0 Å². The molecule has 1 atom stereocenters. The largest absolute Gasteiger partial charge is 0.469 e. The lowest BCUT2D eigenvalue weighted by Crippen LogP contribution is -2.26. The standard InChI is InChI=1S/C12H21NO3S2/c1-16-12(15)6-8-13-11(14)5-3-2-4-10-7-9-17-18-10/h10H,2-9H2,1H3,(H,13,14). The molecule has 1 amide bonds. The Kier molecular flexibility index (Phi) is 8.33. The van der Waals surface area contributed by atoms with Gasteiger partial charge >= 0.3 is 5.97 Å². The molecule has 1 aliphatic heterocycles. The molecule has 1 N–H and O–H groups in total. The van der Waals surface area contributed by atoms with E-state index in [0.29, 0.717) is 13.0 Å². The Hall–Kier alpha value is -0.360. The number of unbranched alkanes of at least 4 members (excludes halogenated alkanes) is 1. The molecule has 4 nitrogen and oxygen atoms in total. The van der Waals surface area contributed by atoms with Crippen LogP contribution in [0.15, 0.2) is 0 Å². The van der Waals surface area contributed by atoms with Crippen LogP contribution in [0.5, 0.6) is 0 Å². The molecule has 0 aromatic rings. The van der Waals surface area contributed by atoms with Crippen molar-refractivity contribution in [2.45, 2.75) is 43.8 Å². The van der Waals surface area contributed by atoms with Gasteiger partial charge in [-0.1, -0.05) is 28.0 Å². The smallest absolute Gasteiger partial charge is 0.307 e. The molecule has 0 aromatic heterocycles. The third kappa shape index (κ3) is 7.16. The van der Waals surface area contributed by atoms with Crippen LogP contribution >= 0.6 is 21.6 Å². The fraction of sp³-hybridized carbons (Fsp3) is 0.833. The predicted octanol–water partition coefficient (Wildman–Crippen LogP) is 2.38. The molecule has 1 fully saturated rings. The minimum absolute atomic E-state index is 0.0346. The molecule has 0 radical (unpaired) electrons. The van der Waals surface area contributed by atoms with E-state index in [0.717, 1.165) is 18.1 Å². The molecule has 104 valence electrons. The summed E-state index contributed by atoms with van der Waals surface area (Å²) in [4.78, 5) is 22.3. The van der Waals surface area contributed by atoms with E-state index in [1.807, 2.05) is 21.6 Å². The van der Waals surface area contributed by atoms with Crippen LogP contribution in [0, 0.1) is 0 Å². The summed E-state index contributed by atoms with van der Waals surface area (Å²) >= 11 is 0. The highest BCUT2D eigenvalue weighted by atomic mass is 33.1. The lowest BCUT2D eigenvalue weighted by Gasteiger charge is -2.07. The van der Waals surface area contributed by atoms with Crippen molar-refractivity contribution in [1.29, 1.82) is 0 Å². The normalized spacial score (nSPS) is 18.6. The minimum atomic E-state index is -0.286. The van der Waals surface area contributed by atoms with Gasteiger partial charge in [0.2, 0.25) is 5.91 Å². The van der Waals surface area contributed by atoms with E-state index in [4.69, 9.17) is 0 Å². The third-order valence-corrected chi connectivity index (χ3v) is 5.79. The van der Waals surface area contributed by atoms with E-state index < -0.39 is 0 Å². The van der Waals surface area contributed by atoms with Crippen molar-refractivity contribution in [3.05, 3.63) is 0 Å². The molecule has 1 unspecified atom stereocenters. The van der Waals surface area contributed by atoms with E-state index in [-0.39, 0.29) is 18.3 Å². The molecule has 1 rings (SSSR count). The van der Waals surface area contributed by atoms with Gasteiger partial charge < -0.3 is 10.1 Å². The third-order valence-electron chi connectivity index (χ3n) is 2.79. The number of hydrogen-bond acceptors (Lipinski definition) is 5. The van der Waals surface area contributed by atoms with E-state index in [2.05, 4.69) is 10.1 Å². The van der Waals surface area contributed by atoms with Gasteiger partial charge in [0.25, 0.3) is 0 Å². The lowest BCUT2D eigenvalue weighted by molar-refractivity contribution is -0.140. The highest BCUT2D eigenvalue weighted by Crippen LogP contribution is 2.39. The highest BCUT2D eigenvalue weighted by molar-refractivity contribution is 8.77. The van der Waals surface area contributed by atoms with Gasteiger partial charge in [0.05, 0.1) is 13.5 Å². The fourth-order valence-electron chi connectivity index (χ4n) is 1.72. The van der Waals surface area contributed by atoms with Crippen molar-refractivity contribution < 1.29 is 14.3 Å². The number of ether oxygens (including phenoxy) is 1. The number of amides is 1. The summed E-state index contributed by atoms with van der Waals surface area (Å²) in [6, 6.07) is 0. The van der Waals surface area contributed by atoms with Crippen LogP contribution in [0.25, 0.3) is 0 Å². The van der Waals surface area contributed by atoms with Crippen LogP contribution in [0.4, 0.5) is 0 Å².